The predicted octanol–water partition coefficient (Wildman–Crippen LogP) is 4.51. The molecule has 0 saturated heterocycles. The van der Waals surface area contributed by atoms with Gasteiger partial charge >= 0.3 is 0 Å². The fourth-order valence-corrected chi connectivity index (χ4v) is 1.69. The Morgan fingerprint density at radius 2 is 1.62 bits per heavy atom. The van der Waals surface area contributed by atoms with Gasteiger partial charge in [-0.25, -0.2) is 0 Å². The van der Waals surface area contributed by atoms with Crippen LogP contribution in [-0.2, 0) is 6.54 Å². The molecule has 1 heteroatoms. The van der Waals surface area contributed by atoms with Crippen molar-refractivity contribution >= 4 is 5.57 Å². The van der Waals surface area contributed by atoms with Crippen LogP contribution in [0.25, 0.3) is 5.57 Å². The number of hydrogen-bond acceptors (Lipinski definition) is 1. The van der Waals surface area contributed by atoms with Crippen molar-refractivity contribution in [2.75, 3.05) is 0 Å². The lowest BCUT2D eigenvalue weighted by molar-refractivity contribution is 0.843. The SMILES string of the molecule is CC.CC.CC1=CNCc2c(C)cccc21. The van der Waals surface area contributed by atoms with Crippen LogP contribution in [0.15, 0.2) is 24.4 Å². The first-order valence-corrected chi connectivity index (χ1v) is 6.28. The molecular weight excluding hydrogens is 194 g/mol. The minimum Gasteiger partial charge on any atom is -0.387 e. The summed E-state index contributed by atoms with van der Waals surface area (Å²) in [4.78, 5) is 0. The average molecular weight is 219 g/mol. The summed E-state index contributed by atoms with van der Waals surface area (Å²) in [6.45, 7) is 13.3. The van der Waals surface area contributed by atoms with Crippen molar-refractivity contribution in [2.45, 2.75) is 48.1 Å². The third-order valence-corrected chi connectivity index (χ3v) is 2.43. The number of allylic oxidation sites excluding steroid dienone is 1. The summed E-state index contributed by atoms with van der Waals surface area (Å²) < 4.78 is 0. The Balaban J connectivity index is 0.000000509. The molecule has 0 fully saturated rings. The van der Waals surface area contributed by atoms with Crippen molar-refractivity contribution in [1.29, 1.82) is 0 Å². The van der Waals surface area contributed by atoms with E-state index in [1.165, 1.54) is 22.3 Å². The van der Waals surface area contributed by atoms with Crippen LogP contribution in [0.4, 0.5) is 0 Å². The summed E-state index contributed by atoms with van der Waals surface area (Å²) in [7, 11) is 0. The topological polar surface area (TPSA) is 12.0 Å². The van der Waals surface area contributed by atoms with Gasteiger partial charge in [0.1, 0.15) is 0 Å². The summed E-state index contributed by atoms with van der Waals surface area (Å²) in [6, 6.07) is 6.48. The summed E-state index contributed by atoms with van der Waals surface area (Å²) in [5.74, 6) is 0. The first kappa shape index (κ1) is 14.8. The van der Waals surface area contributed by atoms with Crippen molar-refractivity contribution in [2.24, 2.45) is 0 Å². The molecule has 90 valence electrons. The lowest BCUT2D eigenvalue weighted by atomic mass is 9.95. The number of aryl methyl sites for hydroxylation is 1. The van der Waals surface area contributed by atoms with Gasteiger partial charge in [0.05, 0.1) is 0 Å². The third kappa shape index (κ3) is 3.41. The molecule has 0 aromatic heterocycles. The molecule has 0 unspecified atom stereocenters. The normalized spacial score (nSPS) is 11.8. The Kier molecular flexibility index (Phi) is 7.36. The zero-order valence-electron chi connectivity index (χ0n) is 11.5. The number of benzene rings is 1. The quantitative estimate of drug-likeness (QED) is 0.677. The van der Waals surface area contributed by atoms with E-state index in [0.717, 1.165) is 6.54 Å². The molecular formula is C15H25N. The predicted molar refractivity (Wildman–Crippen MR) is 74.4 cm³/mol. The van der Waals surface area contributed by atoms with Crippen LogP contribution >= 0.6 is 0 Å². The van der Waals surface area contributed by atoms with E-state index < -0.39 is 0 Å². The molecule has 1 aromatic rings. The lowest BCUT2D eigenvalue weighted by Crippen LogP contribution is -2.13. The highest BCUT2D eigenvalue weighted by atomic mass is 14.8. The van der Waals surface area contributed by atoms with Crippen molar-refractivity contribution in [3.63, 3.8) is 0 Å². The van der Waals surface area contributed by atoms with Gasteiger partial charge in [0.15, 0.2) is 0 Å². The van der Waals surface area contributed by atoms with E-state index in [1.807, 2.05) is 27.7 Å². The largest absolute Gasteiger partial charge is 0.387 e. The molecule has 0 atom stereocenters. The van der Waals surface area contributed by atoms with Crippen molar-refractivity contribution in [3.05, 3.63) is 41.1 Å². The molecule has 0 aliphatic carbocycles. The van der Waals surface area contributed by atoms with Gasteiger partial charge in [-0.3, -0.25) is 0 Å². The van der Waals surface area contributed by atoms with Gasteiger partial charge in [-0.1, -0.05) is 45.9 Å². The van der Waals surface area contributed by atoms with Crippen molar-refractivity contribution in [1.82, 2.24) is 5.32 Å². The van der Waals surface area contributed by atoms with Gasteiger partial charge in [0, 0.05) is 12.7 Å². The number of fused-ring (bicyclic) bond motifs is 1. The molecule has 1 aromatic carbocycles. The molecule has 0 bridgehead atoms. The molecule has 0 radical (unpaired) electrons. The fourth-order valence-electron chi connectivity index (χ4n) is 1.69. The molecule has 2 rings (SSSR count). The number of nitrogens with one attached hydrogen (secondary N) is 1. The van der Waals surface area contributed by atoms with Crippen LogP contribution in [-0.4, -0.2) is 0 Å². The van der Waals surface area contributed by atoms with Gasteiger partial charge in [-0.15, -0.1) is 0 Å². The Morgan fingerprint density at radius 3 is 2.19 bits per heavy atom. The molecule has 0 amide bonds. The number of hydrogen-bond donors (Lipinski definition) is 1. The molecule has 1 heterocycles. The molecule has 0 spiro atoms. The Labute approximate surface area is 101 Å². The lowest BCUT2D eigenvalue weighted by Gasteiger charge is -2.18. The second kappa shape index (κ2) is 7.98. The first-order chi connectivity index (χ1) is 7.79. The third-order valence-electron chi connectivity index (χ3n) is 2.43. The van der Waals surface area contributed by atoms with Gasteiger partial charge in [0.2, 0.25) is 0 Å². The van der Waals surface area contributed by atoms with E-state index in [9.17, 15) is 0 Å². The van der Waals surface area contributed by atoms with E-state index in [1.54, 1.807) is 0 Å². The summed E-state index contributed by atoms with van der Waals surface area (Å²) in [6.07, 6.45) is 2.09. The molecule has 1 N–H and O–H groups in total. The van der Waals surface area contributed by atoms with Crippen molar-refractivity contribution in [3.8, 4) is 0 Å². The molecule has 1 aliphatic rings. The van der Waals surface area contributed by atoms with Gasteiger partial charge < -0.3 is 5.32 Å². The Bertz CT molecular complexity index is 337. The monoisotopic (exact) mass is 219 g/mol. The summed E-state index contributed by atoms with van der Waals surface area (Å²) in [5, 5.41) is 3.27. The van der Waals surface area contributed by atoms with E-state index in [2.05, 4.69) is 43.6 Å². The average Bonchev–Trinajstić information content (AvgIpc) is 2.36. The van der Waals surface area contributed by atoms with E-state index in [0.29, 0.717) is 0 Å². The second-order valence-electron chi connectivity index (χ2n) is 3.31. The highest BCUT2D eigenvalue weighted by Crippen LogP contribution is 2.24. The smallest absolute Gasteiger partial charge is 0.0404 e. The first-order valence-electron chi connectivity index (χ1n) is 6.28. The molecule has 1 nitrogen and oxygen atoms in total. The maximum Gasteiger partial charge on any atom is 0.0404 e. The summed E-state index contributed by atoms with van der Waals surface area (Å²) >= 11 is 0. The zero-order valence-corrected chi connectivity index (χ0v) is 11.5. The molecule has 16 heavy (non-hydrogen) atoms. The highest BCUT2D eigenvalue weighted by molar-refractivity contribution is 5.68. The van der Waals surface area contributed by atoms with Crippen LogP contribution in [0.1, 0.15) is 51.3 Å². The zero-order chi connectivity index (χ0) is 12.6. The van der Waals surface area contributed by atoms with Crippen LogP contribution < -0.4 is 5.32 Å². The van der Waals surface area contributed by atoms with Crippen LogP contribution in [0.2, 0.25) is 0 Å². The Hall–Kier alpha value is -1.24. The van der Waals surface area contributed by atoms with Crippen LogP contribution in [0.5, 0.6) is 0 Å². The van der Waals surface area contributed by atoms with Crippen LogP contribution in [0, 0.1) is 6.92 Å². The maximum absolute atomic E-state index is 3.27. The summed E-state index contributed by atoms with van der Waals surface area (Å²) in [5.41, 5.74) is 5.55. The van der Waals surface area contributed by atoms with E-state index in [4.69, 9.17) is 0 Å². The maximum atomic E-state index is 3.27. The van der Waals surface area contributed by atoms with Gasteiger partial charge in [-0.2, -0.15) is 0 Å². The highest BCUT2D eigenvalue weighted by Gasteiger charge is 2.09. The number of rotatable bonds is 0. The van der Waals surface area contributed by atoms with Crippen molar-refractivity contribution < 1.29 is 0 Å². The minimum absolute atomic E-state index is 0.972. The van der Waals surface area contributed by atoms with E-state index in [-0.39, 0.29) is 0 Å². The standard InChI is InChI=1S/C11H13N.2C2H6/c1-8-4-3-5-10-9(2)6-12-7-11(8)10;2*1-2/h3-6,12H,7H2,1-2H3;2*1-2H3. The second-order valence-corrected chi connectivity index (χ2v) is 3.31. The fraction of sp³-hybridized carbons (Fsp3) is 0.467. The minimum atomic E-state index is 0.972. The van der Waals surface area contributed by atoms with Gasteiger partial charge in [0.25, 0.3) is 0 Å². The Morgan fingerprint density at radius 1 is 1.00 bits per heavy atom. The molecule has 0 saturated carbocycles. The van der Waals surface area contributed by atoms with Gasteiger partial charge in [-0.05, 0) is 36.1 Å². The molecule has 1 aliphatic heterocycles. The van der Waals surface area contributed by atoms with E-state index >= 15 is 0 Å². The van der Waals surface area contributed by atoms with Crippen LogP contribution in [0.3, 0.4) is 0 Å².